The number of benzene rings is 1. The number of likely N-dealkylation sites (tertiary alicyclic amines) is 1. The molecule has 1 saturated heterocycles. The first kappa shape index (κ1) is 14.2. The summed E-state index contributed by atoms with van der Waals surface area (Å²) in [6.45, 7) is 3.79. The lowest BCUT2D eigenvalue weighted by Gasteiger charge is -2.32. The van der Waals surface area contributed by atoms with Gasteiger partial charge in [0, 0.05) is 25.9 Å². The monoisotopic (exact) mass is 285 g/mol. The van der Waals surface area contributed by atoms with Gasteiger partial charge in [-0.3, -0.25) is 4.79 Å². The maximum Gasteiger partial charge on any atom is 0.222 e. The number of carbonyl (C=O) groups is 1. The third kappa shape index (κ3) is 3.90. The molecule has 1 aromatic carbocycles. The van der Waals surface area contributed by atoms with Crippen molar-refractivity contribution in [1.82, 2.24) is 4.90 Å². The van der Waals surface area contributed by atoms with Gasteiger partial charge in [0.2, 0.25) is 5.91 Å². The molecule has 0 saturated carbocycles. The molecular weight excluding hydrogens is 262 g/mol. The van der Waals surface area contributed by atoms with Crippen LogP contribution in [0.1, 0.15) is 38.2 Å². The van der Waals surface area contributed by atoms with Crippen molar-refractivity contribution in [2.24, 2.45) is 16.1 Å². The lowest BCUT2D eigenvalue weighted by atomic mass is 9.90. The van der Waals surface area contributed by atoms with E-state index >= 15 is 0 Å². The van der Waals surface area contributed by atoms with Gasteiger partial charge >= 0.3 is 0 Å². The van der Waals surface area contributed by atoms with E-state index in [-0.39, 0.29) is 11.6 Å². The molecule has 2 aliphatic heterocycles. The first-order valence-corrected chi connectivity index (χ1v) is 7.90. The molecule has 0 radical (unpaired) electrons. The molecule has 2 aliphatic rings. The van der Waals surface area contributed by atoms with Crippen molar-refractivity contribution in [3.63, 3.8) is 0 Å². The van der Waals surface area contributed by atoms with E-state index in [1.807, 2.05) is 11.8 Å². The summed E-state index contributed by atoms with van der Waals surface area (Å²) in [7, 11) is 0. The first-order valence-electron chi connectivity index (χ1n) is 7.90. The van der Waals surface area contributed by atoms with Gasteiger partial charge in [-0.2, -0.15) is 10.2 Å². The summed E-state index contributed by atoms with van der Waals surface area (Å²) in [5.41, 5.74) is 1.16. The summed E-state index contributed by atoms with van der Waals surface area (Å²) in [6.07, 6.45) is 4.71. The molecule has 3 rings (SSSR count). The molecule has 0 bridgehead atoms. The minimum atomic E-state index is -0.249. The van der Waals surface area contributed by atoms with E-state index in [0.29, 0.717) is 12.3 Å². The van der Waals surface area contributed by atoms with Crippen LogP contribution in [0.15, 0.2) is 40.6 Å². The highest BCUT2D eigenvalue weighted by atomic mass is 16.2. The van der Waals surface area contributed by atoms with E-state index < -0.39 is 0 Å². The van der Waals surface area contributed by atoms with Crippen molar-refractivity contribution in [2.45, 2.75) is 44.7 Å². The maximum atomic E-state index is 12.2. The van der Waals surface area contributed by atoms with Crippen LogP contribution in [0.5, 0.6) is 0 Å². The standard InChI is InChI=1S/C17H23N3O/c1-17(18-19-17)10-7-16(21)20-11-8-15(9-12-20)13-14-5-3-2-4-6-14/h2-6,15H,7-13H2,1H3. The largest absolute Gasteiger partial charge is 0.343 e. The van der Waals surface area contributed by atoms with Crippen LogP contribution in [0, 0.1) is 5.92 Å². The number of rotatable bonds is 5. The molecule has 112 valence electrons. The number of hydrogen-bond acceptors (Lipinski definition) is 3. The number of carbonyl (C=O) groups excluding carboxylic acids is 1. The van der Waals surface area contributed by atoms with E-state index in [2.05, 4.69) is 40.6 Å². The van der Waals surface area contributed by atoms with Crippen LogP contribution in [-0.4, -0.2) is 29.6 Å². The Hall–Kier alpha value is -1.71. The normalized spacial score (nSPS) is 20.5. The van der Waals surface area contributed by atoms with Crippen molar-refractivity contribution in [3.05, 3.63) is 35.9 Å². The average Bonchev–Trinajstić information content (AvgIpc) is 3.25. The highest BCUT2D eigenvalue weighted by molar-refractivity contribution is 5.76. The molecule has 4 heteroatoms. The zero-order chi connectivity index (χ0) is 14.7. The van der Waals surface area contributed by atoms with Gasteiger partial charge in [-0.1, -0.05) is 30.3 Å². The molecule has 4 nitrogen and oxygen atoms in total. The fourth-order valence-corrected chi connectivity index (χ4v) is 3.02. The van der Waals surface area contributed by atoms with Crippen molar-refractivity contribution in [2.75, 3.05) is 13.1 Å². The number of hydrogen-bond donors (Lipinski definition) is 0. The average molecular weight is 285 g/mol. The van der Waals surface area contributed by atoms with Gasteiger partial charge in [0.15, 0.2) is 5.66 Å². The zero-order valence-corrected chi connectivity index (χ0v) is 12.7. The number of piperidine rings is 1. The summed E-state index contributed by atoms with van der Waals surface area (Å²) in [5.74, 6) is 0.981. The van der Waals surface area contributed by atoms with Gasteiger partial charge in [0.25, 0.3) is 0 Å². The zero-order valence-electron chi connectivity index (χ0n) is 12.7. The minimum absolute atomic E-state index is 0.249. The third-order valence-corrected chi connectivity index (χ3v) is 4.59. The predicted octanol–water partition coefficient (Wildman–Crippen LogP) is 3.43. The van der Waals surface area contributed by atoms with Gasteiger partial charge in [0.05, 0.1) is 0 Å². The lowest BCUT2D eigenvalue weighted by Crippen LogP contribution is -2.39. The molecule has 1 amide bonds. The topological polar surface area (TPSA) is 45.0 Å². The lowest BCUT2D eigenvalue weighted by molar-refractivity contribution is -0.132. The van der Waals surface area contributed by atoms with Gasteiger partial charge in [-0.15, -0.1) is 0 Å². The summed E-state index contributed by atoms with van der Waals surface area (Å²) < 4.78 is 0. The molecule has 0 unspecified atom stereocenters. The Kier molecular flexibility index (Phi) is 4.04. The summed E-state index contributed by atoms with van der Waals surface area (Å²) in [4.78, 5) is 14.2. The Morgan fingerprint density at radius 3 is 2.52 bits per heavy atom. The van der Waals surface area contributed by atoms with E-state index in [0.717, 1.165) is 38.8 Å². The van der Waals surface area contributed by atoms with Crippen molar-refractivity contribution < 1.29 is 4.79 Å². The Labute approximate surface area is 126 Å². The van der Waals surface area contributed by atoms with Crippen LogP contribution in [0.3, 0.4) is 0 Å². The maximum absolute atomic E-state index is 12.2. The second-order valence-corrected chi connectivity index (χ2v) is 6.43. The molecule has 0 spiro atoms. The minimum Gasteiger partial charge on any atom is -0.343 e. The molecule has 0 aliphatic carbocycles. The third-order valence-electron chi connectivity index (χ3n) is 4.59. The molecular formula is C17H23N3O. The van der Waals surface area contributed by atoms with Crippen molar-refractivity contribution >= 4 is 5.91 Å². The Bertz CT molecular complexity index is 512. The quantitative estimate of drug-likeness (QED) is 0.817. The Morgan fingerprint density at radius 1 is 1.24 bits per heavy atom. The second-order valence-electron chi connectivity index (χ2n) is 6.43. The summed E-state index contributed by atoms with van der Waals surface area (Å²) in [5, 5.41) is 7.93. The molecule has 1 aromatic rings. The summed E-state index contributed by atoms with van der Waals surface area (Å²) >= 11 is 0. The molecule has 0 atom stereocenters. The Morgan fingerprint density at radius 2 is 1.90 bits per heavy atom. The summed E-state index contributed by atoms with van der Waals surface area (Å²) in [6, 6.07) is 10.6. The van der Waals surface area contributed by atoms with Crippen LogP contribution >= 0.6 is 0 Å². The van der Waals surface area contributed by atoms with Crippen LogP contribution < -0.4 is 0 Å². The smallest absolute Gasteiger partial charge is 0.222 e. The Balaban J connectivity index is 1.41. The fraction of sp³-hybridized carbons (Fsp3) is 0.588. The van der Waals surface area contributed by atoms with Crippen molar-refractivity contribution in [1.29, 1.82) is 0 Å². The predicted molar refractivity (Wildman–Crippen MR) is 81.9 cm³/mol. The number of amides is 1. The first-order chi connectivity index (χ1) is 10.1. The van der Waals surface area contributed by atoms with Crippen LogP contribution in [0.2, 0.25) is 0 Å². The van der Waals surface area contributed by atoms with E-state index in [4.69, 9.17) is 0 Å². The fourth-order valence-electron chi connectivity index (χ4n) is 3.02. The second kappa shape index (κ2) is 5.96. The van der Waals surface area contributed by atoms with Gasteiger partial charge in [0.1, 0.15) is 0 Å². The van der Waals surface area contributed by atoms with Crippen LogP contribution in [0.4, 0.5) is 0 Å². The molecule has 0 N–H and O–H groups in total. The highest BCUT2D eigenvalue weighted by Crippen LogP contribution is 2.32. The molecule has 1 fully saturated rings. The van der Waals surface area contributed by atoms with E-state index in [9.17, 15) is 4.79 Å². The SMILES string of the molecule is CC1(CCC(=O)N2CCC(Cc3ccccc3)CC2)N=N1. The number of nitrogens with zero attached hydrogens (tertiary/aromatic N) is 3. The van der Waals surface area contributed by atoms with Gasteiger partial charge in [-0.25, -0.2) is 0 Å². The van der Waals surface area contributed by atoms with Crippen molar-refractivity contribution in [3.8, 4) is 0 Å². The van der Waals surface area contributed by atoms with E-state index in [1.54, 1.807) is 0 Å². The van der Waals surface area contributed by atoms with Crippen LogP contribution in [0.25, 0.3) is 0 Å². The van der Waals surface area contributed by atoms with Gasteiger partial charge in [-0.05, 0) is 37.7 Å². The molecule has 21 heavy (non-hydrogen) atoms. The highest BCUT2D eigenvalue weighted by Gasteiger charge is 2.34. The van der Waals surface area contributed by atoms with Crippen LogP contribution in [-0.2, 0) is 11.2 Å². The molecule has 2 heterocycles. The van der Waals surface area contributed by atoms with E-state index in [1.165, 1.54) is 5.56 Å². The van der Waals surface area contributed by atoms with Gasteiger partial charge < -0.3 is 4.90 Å². The molecule has 0 aromatic heterocycles.